The largest absolute Gasteiger partial charge is 0.304 e. The molecule has 2 heteroatoms. The van der Waals surface area contributed by atoms with Crippen molar-refractivity contribution in [2.75, 3.05) is 5.88 Å². The van der Waals surface area contributed by atoms with Crippen LogP contribution >= 0.6 is 11.6 Å². The fraction of sp³-hybridized carbons (Fsp3) is 0.375. The first-order valence-corrected chi connectivity index (χ1v) is 6.98. The molecule has 1 heterocycles. The second-order valence-electron chi connectivity index (χ2n) is 5.77. The summed E-state index contributed by atoms with van der Waals surface area (Å²) >= 11 is 6.12. The van der Waals surface area contributed by atoms with Crippen molar-refractivity contribution in [3.05, 3.63) is 47.5 Å². The van der Waals surface area contributed by atoms with E-state index < -0.39 is 0 Å². The van der Waals surface area contributed by atoms with Gasteiger partial charge in [-0.25, -0.2) is 0 Å². The Morgan fingerprint density at radius 3 is 2.78 bits per heavy atom. The summed E-state index contributed by atoms with van der Waals surface area (Å²) in [6, 6.07) is 13.3. The van der Waals surface area contributed by atoms with Gasteiger partial charge in [0.1, 0.15) is 0 Å². The third-order valence-corrected chi connectivity index (χ3v) is 4.10. The number of hydrogen-bond acceptors (Lipinski definition) is 1. The van der Waals surface area contributed by atoms with Crippen molar-refractivity contribution in [1.29, 1.82) is 0 Å². The van der Waals surface area contributed by atoms with Crippen molar-refractivity contribution in [3.8, 4) is 0 Å². The predicted molar refractivity (Wildman–Crippen MR) is 78.3 cm³/mol. The Balaban J connectivity index is 2.25. The van der Waals surface area contributed by atoms with E-state index in [1.54, 1.807) is 0 Å². The minimum Gasteiger partial charge on any atom is -0.304 e. The van der Waals surface area contributed by atoms with Crippen LogP contribution in [-0.2, 0) is 6.42 Å². The van der Waals surface area contributed by atoms with Gasteiger partial charge in [0.2, 0.25) is 0 Å². The van der Waals surface area contributed by atoms with Crippen LogP contribution in [0.4, 0.5) is 0 Å². The van der Waals surface area contributed by atoms with Gasteiger partial charge in [-0.05, 0) is 42.2 Å². The number of halogens is 1. The van der Waals surface area contributed by atoms with E-state index in [-0.39, 0.29) is 11.6 Å². The highest BCUT2D eigenvalue weighted by molar-refractivity contribution is 6.18. The number of fused-ring (bicyclic) bond motifs is 3. The zero-order chi connectivity index (χ0) is 12.8. The summed E-state index contributed by atoms with van der Waals surface area (Å²) in [5.74, 6) is 0.620. The smallest absolute Gasteiger partial charge is 0.0464 e. The van der Waals surface area contributed by atoms with Crippen molar-refractivity contribution in [1.82, 2.24) is 5.32 Å². The van der Waals surface area contributed by atoms with Gasteiger partial charge < -0.3 is 5.32 Å². The Labute approximate surface area is 113 Å². The van der Waals surface area contributed by atoms with E-state index in [1.165, 1.54) is 21.9 Å². The average Bonchev–Trinajstić information content (AvgIpc) is 2.36. The normalized spacial score (nSPS) is 21.8. The molecule has 1 nitrogen and oxygen atoms in total. The van der Waals surface area contributed by atoms with Gasteiger partial charge in [-0.3, -0.25) is 0 Å². The summed E-state index contributed by atoms with van der Waals surface area (Å²) < 4.78 is 0. The molecule has 1 atom stereocenters. The SMILES string of the molecule is CC1(C)Cc2c(ccc3ccccc23)C(CCl)N1. The molecule has 1 N–H and O–H groups in total. The average molecular weight is 260 g/mol. The van der Waals surface area contributed by atoms with Crippen LogP contribution in [0.15, 0.2) is 36.4 Å². The Hall–Kier alpha value is -1.05. The van der Waals surface area contributed by atoms with Gasteiger partial charge in [0.25, 0.3) is 0 Å². The molecule has 2 aromatic rings. The lowest BCUT2D eigenvalue weighted by molar-refractivity contribution is 0.325. The molecule has 2 aromatic carbocycles. The zero-order valence-electron chi connectivity index (χ0n) is 10.8. The van der Waals surface area contributed by atoms with Crippen LogP contribution in [-0.4, -0.2) is 11.4 Å². The highest BCUT2D eigenvalue weighted by Crippen LogP contribution is 2.35. The lowest BCUT2D eigenvalue weighted by atomic mass is 9.81. The standard InChI is InChI=1S/C16H18ClN/c1-16(2)9-14-12-6-4-3-5-11(12)7-8-13(14)15(10-17)18-16/h3-8,15,18H,9-10H2,1-2H3. The molecule has 0 amide bonds. The maximum atomic E-state index is 6.12. The molecule has 0 aliphatic carbocycles. The lowest BCUT2D eigenvalue weighted by Gasteiger charge is -2.38. The quantitative estimate of drug-likeness (QED) is 0.762. The maximum Gasteiger partial charge on any atom is 0.0464 e. The fourth-order valence-corrected chi connectivity index (χ4v) is 3.28. The van der Waals surface area contributed by atoms with Gasteiger partial charge >= 0.3 is 0 Å². The minimum atomic E-state index is 0.108. The summed E-state index contributed by atoms with van der Waals surface area (Å²) in [6.07, 6.45) is 1.05. The summed E-state index contributed by atoms with van der Waals surface area (Å²) in [4.78, 5) is 0. The van der Waals surface area contributed by atoms with Gasteiger partial charge in [0.15, 0.2) is 0 Å². The van der Waals surface area contributed by atoms with E-state index in [9.17, 15) is 0 Å². The summed E-state index contributed by atoms with van der Waals surface area (Å²) in [7, 11) is 0. The Morgan fingerprint density at radius 1 is 1.22 bits per heavy atom. The van der Waals surface area contributed by atoms with E-state index in [0.717, 1.165) is 6.42 Å². The molecule has 3 rings (SSSR count). The van der Waals surface area contributed by atoms with E-state index in [2.05, 4.69) is 55.6 Å². The highest BCUT2D eigenvalue weighted by atomic mass is 35.5. The molecule has 1 aliphatic rings. The summed E-state index contributed by atoms with van der Waals surface area (Å²) in [6.45, 7) is 4.49. The molecular formula is C16H18ClN. The Bertz CT molecular complexity index is 589. The molecule has 18 heavy (non-hydrogen) atoms. The van der Waals surface area contributed by atoms with Crippen molar-refractivity contribution < 1.29 is 0 Å². The Morgan fingerprint density at radius 2 is 2.00 bits per heavy atom. The first kappa shape index (κ1) is 12.0. The molecule has 94 valence electrons. The van der Waals surface area contributed by atoms with Crippen LogP contribution in [0, 0.1) is 0 Å². The van der Waals surface area contributed by atoms with Gasteiger partial charge in [-0.15, -0.1) is 11.6 Å². The molecule has 0 saturated heterocycles. The van der Waals surface area contributed by atoms with E-state index in [4.69, 9.17) is 11.6 Å². The van der Waals surface area contributed by atoms with Crippen molar-refractivity contribution in [2.45, 2.75) is 31.8 Å². The van der Waals surface area contributed by atoms with E-state index in [1.807, 2.05) is 0 Å². The van der Waals surface area contributed by atoms with Crippen LogP contribution in [0.1, 0.15) is 31.0 Å². The molecule has 0 aromatic heterocycles. The van der Waals surface area contributed by atoms with Crippen LogP contribution in [0.25, 0.3) is 10.8 Å². The first-order chi connectivity index (χ1) is 8.61. The summed E-state index contributed by atoms with van der Waals surface area (Å²) in [5.41, 5.74) is 2.93. The van der Waals surface area contributed by atoms with Crippen molar-refractivity contribution in [3.63, 3.8) is 0 Å². The number of hydrogen-bond donors (Lipinski definition) is 1. The molecule has 0 radical (unpaired) electrons. The molecule has 0 bridgehead atoms. The number of nitrogens with one attached hydrogen (secondary N) is 1. The Kier molecular flexibility index (Phi) is 2.84. The molecule has 0 fully saturated rings. The highest BCUT2D eigenvalue weighted by Gasteiger charge is 2.31. The third kappa shape index (κ3) is 1.92. The molecule has 0 spiro atoms. The lowest BCUT2D eigenvalue weighted by Crippen LogP contribution is -2.48. The van der Waals surface area contributed by atoms with Gasteiger partial charge in [-0.2, -0.15) is 0 Å². The van der Waals surface area contributed by atoms with Crippen LogP contribution in [0.5, 0.6) is 0 Å². The molecule has 0 saturated carbocycles. The monoisotopic (exact) mass is 259 g/mol. The van der Waals surface area contributed by atoms with Crippen LogP contribution in [0.2, 0.25) is 0 Å². The molecular weight excluding hydrogens is 242 g/mol. The van der Waals surface area contributed by atoms with E-state index >= 15 is 0 Å². The maximum absolute atomic E-state index is 6.12. The third-order valence-electron chi connectivity index (χ3n) is 3.79. The van der Waals surface area contributed by atoms with E-state index in [0.29, 0.717) is 5.88 Å². The fourth-order valence-electron chi connectivity index (χ4n) is 3.04. The molecule has 1 unspecified atom stereocenters. The predicted octanol–water partition coefficient (Wildman–Crippen LogP) is 4.04. The summed E-state index contributed by atoms with van der Waals surface area (Å²) in [5, 5.41) is 6.33. The second-order valence-corrected chi connectivity index (χ2v) is 6.07. The van der Waals surface area contributed by atoms with Crippen LogP contribution in [0.3, 0.4) is 0 Å². The van der Waals surface area contributed by atoms with Gasteiger partial charge in [0.05, 0.1) is 0 Å². The topological polar surface area (TPSA) is 12.0 Å². The number of alkyl halides is 1. The zero-order valence-corrected chi connectivity index (χ0v) is 11.6. The number of benzene rings is 2. The number of rotatable bonds is 1. The van der Waals surface area contributed by atoms with Crippen LogP contribution < -0.4 is 5.32 Å². The second kappa shape index (κ2) is 4.25. The van der Waals surface area contributed by atoms with Gasteiger partial charge in [-0.1, -0.05) is 36.4 Å². The van der Waals surface area contributed by atoms with Crippen molar-refractivity contribution >= 4 is 22.4 Å². The van der Waals surface area contributed by atoms with Gasteiger partial charge in [0, 0.05) is 17.5 Å². The van der Waals surface area contributed by atoms with Crippen molar-refractivity contribution in [2.24, 2.45) is 0 Å². The minimum absolute atomic E-state index is 0.108. The first-order valence-electron chi connectivity index (χ1n) is 6.45. The molecule has 1 aliphatic heterocycles.